The molecule has 10 nitrogen and oxygen atoms in total. The number of fused-ring (bicyclic) bond motifs is 1. The molecule has 4 heterocycles. The summed E-state index contributed by atoms with van der Waals surface area (Å²) in [5, 5.41) is 9.79. The van der Waals surface area contributed by atoms with E-state index >= 15 is 0 Å². The monoisotopic (exact) mass is 636 g/mol. The van der Waals surface area contributed by atoms with Crippen molar-refractivity contribution in [3.8, 4) is 0 Å². The topological polar surface area (TPSA) is 115 Å². The van der Waals surface area contributed by atoms with Gasteiger partial charge in [-0.2, -0.15) is 18.2 Å². The minimum Gasteiger partial charge on any atom is -0.365 e. The summed E-state index contributed by atoms with van der Waals surface area (Å²) in [6.07, 6.45) is -4.46. The molecule has 1 fully saturated rings. The van der Waals surface area contributed by atoms with E-state index in [2.05, 4.69) is 60.9 Å². The molecule has 0 aromatic carbocycles. The van der Waals surface area contributed by atoms with Crippen LogP contribution < -0.4 is 16.0 Å². The molecule has 0 aliphatic carbocycles. The van der Waals surface area contributed by atoms with Crippen molar-refractivity contribution in [1.29, 1.82) is 0 Å². The Labute approximate surface area is 251 Å². The Morgan fingerprint density at radius 2 is 1.76 bits per heavy atom. The summed E-state index contributed by atoms with van der Waals surface area (Å²) in [5.41, 5.74) is 0.0461. The molecule has 41 heavy (non-hydrogen) atoms. The van der Waals surface area contributed by atoms with Crippen molar-refractivity contribution >= 4 is 68.3 Å². The highest BCUT2D eigenvalue weighted by molar-refractivity contribution is 7.18. The standard InChI is InChI=1S/C15H19ClF3N5S.C7H11N3OS.C2H4.CH2O/c1-9(7-24-5-3-23(2)4-6-24)20-13-12-11(21-14(16)22-13)10(8-25-12)15(17,18)19;1-4-5(2)12-7(9-4)10-6(11)8-3;2*1-2/h8-9H,3-7H2,1-2H3,(H,20,21,22);1-3H3,(H2,8,9,10,11);1-2H2;1H2/t9-;;;/m0.../s1. The summed E-state index contributed by atoms with van der Waals surface area (Å²) in [6, 6.07) is -0.210. The summed E-state index contributed by atoms with van der Waals surface area (Å²) in [4.78, 5) is 36.6. The van der Waals surface area contributed by atoms with E-state index in [-0.39, 0.29) is 22.9 Å². The van der Waals surface area contributed by atoms with Crippen LogP contribution >= 0.6 is 34.3 Å². The number of carbonyl (C=O) groups is 2. The molecular weight excluding hydrogens is 601 g/mol. The van der Waals surface area contributed by atoms with Crippen LogP contribution in [-0.2, 0) is 11.0 Å². The third kappa shape index (κ3) is 11.2. The van der Waals surface area contributed by atoms with Gasteiger partial charge in [0.2, 0.25) is 5.28 Å². The lowest BCUT2D eigenvalue weighted by atomic mass is 10.2. The van der Waals surface area contributed by atoms with Crippen LogP contribution in [0, 0.1) is 13.8 Å². The van der Waals surface area contributed by atoms with Crippen molar-refractivity contribution in [3.05, 3.63) is 40.0 Å². The minimum atomic E-state index is -4.46. The molecule has 0 saturated carbocycles. The second-order valence-electron chi connectivity index (χ2n) is 8.68. The van der Waals surface area contributed by atoms with E-state index in [9.17, 15) is 18.0 Å². The van der Waals surface area contributed by atoms with Crippen molar-refractivity contribution in [1.82, 2.24) is 30.1 Å². The summed E-state index contributed by atoms with van der Waals surface area (Å²) < 4.78 is 39.6. The number of thiophene rings is 1. The first kappa shape index (κ1) is 36.2. The highest BCUT2D eigenvalue weighted by Gasteiger charge is 2.35. The number of carbonyl (C=O) groups excluding carboxylic acids is 2. The number of anilines is 2. The summed E-state index contributed by atoms with van der Waals surface area (Å²) in [6.45, 7) is 18.6. The number of alkyl halides is 3. The number of aryl methyl sites for hydroxylation is 2. The number of nitrogens with zero attached hydrogens (tertiary/aromatic N) is 5. The maximum absolute atomic E-state index is 13.1. The zero-order valence-electron chi connectivity index (χ0n) is 23.7. The lowest BCUT2D eigenvalue weighted by Gasteiger charge is -2.34. The predicted octanol–water partition coefficient (Wildman–Crippen LogP) is 5.54. The number of halogens is 4. The van der Waals surface area contributed by atoms with Gasteiger partial charge in [-0.3, -0.25) is 10.2 Å². The summed E-state index contributed by atoms with van der Waals surface area (Å²) in [7, 11) is 3.66. The third-order valence-electron chi connectivity index (χ3n) is 5.68. The molecule has 228 valence electrons. The SMILES string of the molecule is C=C.C=O.CNC(=O)Nc1nc(C)c(C)s1.C[C@@H](CN1CCN(C)CC1)Nc1nc(Cl)nc2c(C(F)(F)F)csc12. The first-order chi connectivity index (χ1) is 19.4. The molecule has 4 rings (SSSR count). The molecule has 3 aromatic heterocycles. The van der Waals surface area contributed by atoms with Gasteiger partial charge in [-0.05, 0) is 39.4 Å². The van der Waals surface area contributed by atoms with E-state index in [1.807, 2.05) is 27.6 Å². The lowest BCUT2D eigenvalue weighted by molar-refractivity contribution is -0.136. The van der Waals surface area contributed by atoms with E-state index in [0.29, 0.717) is 15.6 Å². The Balaban J connectivity index is 0.000000441. The van der Waals surface area contributed by atoms with Gasteiger partial charge < -0.3 is 20.3 Å². The number of aromatic nitrogens is 3. The van der Waals surface area contributed by atoms with Crippen molar-refractivity contribution in [2.45, 2.75) is 33.0 Å². The van der Waals surface area contributed by atoms with E-state index < -0.39 is 11.7 Å². The van der Waals surface area contributed by atoms with Gasteiger partial charge >= 0.3 is 12.2 Å². The number of rotatable bonds is 5. The molecule has 1 aliphatic rings. The third-order valence-corrected chi connectivity index (χ3v) is 7.81. The van der Waals surface area contributed by atoms with Gasteiger partial charge in [-0.1, -0.05) is 0 Å². The molecule has 0 radical (unpaired) electrons. The minimum absolute atomic E-state index is 0.0222. The number of piperazine rings is 1. The number of amides is 2. The zero-order valence-corrected chi connectivity index (χ0v) is 26.1. The second-order valence-corrected chi connectivity index (χ2v) is 11.1. The van der Waals surface area contributed by atoms with Gasteiger partial charge in [0.1, 0.15) is 18.1 Å². The van der Waals surface area contributed by atoms with E-state index in [1.54, 1.807) is 7.05 Å². The van der Waals surface area contributed by atoms with Crippen LogP contribution in [0.25, 0.3) is 10.2 Å². The molecule has 16 heteroatoms. The smallest absolute Gasteiger partial charge is 0.365 e. The number of thiazole rings is 1. The van der Waals surface area contributed by atoms with Crippen LogP contribution in [-0.4, -0.2) is 90.4 Å². The maximum Gasteiger partial charge on any atom is 0.419 e. The molecule has 0 spiro atoms. The molecule has 1 aliphatic heterocycles. The van der Waals surface area contributed by atoms with Crippen LogP contribution in [0.3, 0.4) is 0 Å². The Hall–Kier alpha value is -2.85. The fraction of sp³-hybridized carbons (Fsp3) is 0.480. The van der Waals surface area contributed by atoms with Crippen LogP contribution in [0.15, 0.2) is 18.5 Å². The largest absolute Gasteiger partial charge is 0.419 e. The summed E-state index contributed by atoms with van der Waals surface area (Å²) >= 11 is 8.31. The van der Waals surface area contributed by atoms with Gasteiger partial charge in [0, 0.05) is 56.1 Å². The van der Waals surface area contributed by atoms with Gasteiger partial charge in [-0.25, -0.2) is 14.8 Å². The van der Waals surface area contributed by atoms with Gasteiger partial charge in [-0.15, -0.1) is 35.8 Å². The Morgan fingerprint density at radius 1 is 1.15 bits per heavy atom. The number of nitrogens with one attached hydrogen (secondary N) is 3. The van der Waals surface area contributed by atoms with Crippen LogP contribution in [0.1, 0.15) is 23.1 Å². The van der Waals surface area contributed by atoms with E-state index in [0.717, 1.165) is 60.0 Å². The quantitative estimate of drug-likeness (QED) is 0.247. The number of hydrogen-bond acceptors (Lipinski definition) is 10. The molecule has 3 aromatic rings. The highest BCUT2D eigenvalue weighted by atomic mass is 35.5. The molecule has 3 N–H and O–H groups in total. The fourth-order valence-electron chi connectivity index (χ4n) is 3.57. The first-order valence-electron chi connectivity index (χ1n) is 12.3. The second kappa shape index (κ2) is 17.2. The van der Waals surface area contributed by atoms with Crippen molar-refractivity contribution in [2.75, 3.05) is 57.5 Å². The Kier molecular flexibility index (Phi) is 15.2. The first-order valence-corrected chi connectivity index (χ1v) is 14.4. The van der Waals surface area contributed by atoms with E-state index in [4.69, 9.17) is 16.4 Å². The maximum atomic E-state index is 13.1. The van der Waals surface area contributed by atoms with Gasteiger partial charge in [0.25, 0.3) is 0 Å². The highest BCUT2D eigenvalue weighted by Crippen LogP contribution is 2.40. The molecule has 2 amide bonds. The van der Waals surface area contributed by atoms with Crippen LogP contribution in [0.2, 0.25) is 5.28 Å². The predicted molar refractivity (Wildman–Crippen MR) is 162 cm³/mol. The van der Waals surface area contributed by atoms with Crippen molar-refractivity contribution < 1.29 is 22.8 Å². The van der Waals surface area contributed by atoms with Crippen LogP contribution in [0.4, 0.5) is 28.9 Å². The average Bonchev–Trinajstić information content (AvgIpc) is 3.50. The normalized spacial score (nSPS) is 14.4. The fourth-order valence-corrected chi connectivity index (χ4v) is 5.52. The molecule has 1 atom stereocenters. The Bertz CT molecular complexity index is 1230. The lowest BCUT2D eigenvalue weighted by Crippen LogP contribution is -2.47. The molecular formula is C25H36ClF3N8O2S2. The van der Waals surface area contributed by atoms with Gasteiger partial charge in [0.15, 0.2) is 5.13 Å². The molecule has 1 saturated heterocycles. The summed E-state index contributed by atoms with van der Waals surface area (Å²) in [5.74, 6) is 0.358. The number of hydrogen-bond donors (Lipinski definition) is 3. The average molecular weight is 637 g/mol. The van der Waals surface area contributed by atoms with Crippen molar-refractivity contribution in [2.24, 2.45) is 0 Å². The van der Waals surface area contributed by atoms with Crippen LogP contribution in [0.5, 0.6) is 0 Å². The van der Waals surface area contributed by atoms with Gasteiger partial charge in [0.05, 0.1) is 16.0 Å². The van der Waals surface area contributed by atoms with E-state index in [1.165, 1.54) is 11.3 Å². The zero-order chi connectivity index (χ0) is 31.3. The number of urea groups is 1. The van der Waals surface area contributed by atoms with Crippen molar-refractivity contribution in [3.63, 3.8) is 0 Å². The Morgan fingerprint density at radius 3 is 2.27 bits per heavy atom. The number of likely N-dealkylation sites (N-methyl/N-ethyl adjacent to an activating group) is 1. The molecule has 0 unspecified atom stereocenters. The molecule has 0 bridgehead atoms.